The summed E-state index contributed by atoms with van der Waals surface area (Å²) >= 11 is 0. The van der Waals surface area contributed by atoms with Crippen LogP contribution in [0.5, 0.6) is 0 Å². The van der Waals surface area contributed by atoms with E-state index in [1.54, 1.807) is 6.20 Å². The zero-order valence-corrected chi connectivity index (χ0v) is 8.34. The van der Waals surface area contributed by atoms with Crippen LogP contribution in [0, 0.1) is 6.92 Å². The van der Waals surface area contributed by atoms with Crippen LogP contribution in [0.15, 0.2) is 18.6 Å². The molecule has 0 fully saturated rings. The molecule has 0 aromatic carbocycles. The van der Waals surface area contributed by atoms with E-state index in [2.05, 4.69) is 9.97 Å². The van der Waals surface area contributed by atoms with Gasteiger partial charge in [-0.25, -0.2) is 9.97 Å². The van der Waals surface area contributed by atoms with E-state index in [-0.39, 0.29) is 6.42 Å². The highest BCUT2D eigenvalue weighted by Crippen LogP contribution is 2.06. The molecule has 0 unspecified atom stereocenters. The van der Waals surface area contributed by atoms with Crippen LogP contribution < -0.4 is 0 Å². The average molecular weight is 205 g/mol. The molecular weight excluding hydrogens is 194 g/mol. The Morgan fingerprint density at radius 1 is 1.53 bits per heavy atom. The SMILES string of the molecule is Cc1cnc2nc(CCC(=O)O)cn2c1. The molecule has 1 N–H and O–H groups in total. The predicted octanol–water partition coefficient (Wildman–Crippen LogP) is 1.05. The van der Waals surface area contributed by atoms with E-state index in [4.69, 9.17) is 5.11 Å². The molecule has 0 bridgehead atoms. The van der Waals surface area contributed by atoms with Gasteiger partial charge in [-0.15, -0.1) is 0 Å². The first-order chi connectivity index (χ1) is 7.15. The summed E-state index contributed by atoms with van der Waals surface area (Å²) in [5.74, 6) is -0.197. The summed E-state index contributed by atoms with van der Waals surface area (Å²) in [6, 6.07) is 0. The number of imidazole rings is 1. The Labute approximate surface area is 86.4 Å². The van der Waals surface area contributed by atoms with Gasteiger partial charge in [0, 0.05) is 25.0 Å². The van der Waals surface area contributed by atoms with Gasteiger partial charge < -0.3 is 5.11 Å². The van der Waals surface area contributed by atoms with Crippen LogP contribution in [0.25, 0.3) is 5.78 Å². The van der Waals surface area contributed by atoms with Crippen molar-refractivity contribution in [3.8, 4) is 0 Å². The molecule has 2 aromatic rings. The minimum atomic E-state index is -0.809. The second kappa shape index (κ2) is 3.68. The summed E-state index contributed by atoms with van der Waals surface area (Å²) in [7, 11) is 0. The molecule has 5 heteroatoms. The topological polar surface area (TPSA) is 67.5 Å². The Balaban J connectivity index is 2.27. The number of aromatic nitrogens is 3. The average Bonchev–Trinajstić information content (AvgIpc) is 2.56. The summed E-state index contributed by atoms with van der Waals surface area (Å²) in [4.78, 5) is 18.7. The third-order valence-electron chi connectivity index (χ3n) is 2.08. The number of carboxylic acids is 1. The summed E-state index contributed by atoms with van der Waals surface area (Å²) in [6.45, 7) is 1.95. The first-order valence-electron chi connectivity index (χ1n) is 4.67. The van der Waals surface area contributed by atoms with Crippen LogP contribution in [0.3, 0.4) is 0 Å². The third-order valence-corrected chi connectivity index (χ3v) is 2.08. The molecule has 0 saturated carbocycles. The van der Waals surface area contributed by atoms with Gasteiger partial charge in [0.1, 0.15) is 0 Å². The Morgan fingerprint density at radius 2 is 2.33 bits per heavy atom. The molecule has 0 atom stereocenters. The fourth-order valence-corrected chi connectivity index (χ4v) is 1.39. The van der Waals surface area contributed by atoms with E-state index >= 15 is 0 Å². The maximum absolute atomic E-state index is 10.4. The highest BCUT2D eigenvalue weighted by molar-refractivity contribution is 5.67. The molecule has 0 radical (unpaired) electrons. The first-order valence-corrected chi connectivity index (χ1v) is 4.67. The minimum Gasteiger partial charge on any atom is -0.481 e. The highest BCUT2D eigenvalue weighted by atomic mass is 16.4. The summed E-state index contributed by atoms with van der Waals surface area (Å²) in [6.07, 6.45) is 6.02. The third kappa shape index (κ3) is 2.12. The van der Waals surface area contributed by atoms with Crippen LogP contribution in [-0.2, 0) is 11.2 Å². The lowest BCUT2D eigenvalue weighted by atomic mass is 10.2. The molecule has 15 heavy (non-hydrogen) atoms. The largest absolute Gasteiger partial charge is 0.481 e. The lowest BCUT2D eigenvalue weighted by Crippen LogP contribution is -1.97. The molecular formula is C10H11N3O2. The van der Waals surface area contributed by atoms with Gasteiger partial charge in [-0.05, 0) is 12.5 Å². The quantitative estimate of drug-likeness (QED) is 0.813. The van der Waals surface area contributed by atoms with Crippen molar-refractivity contribution >= 4 is 11.7 Å². The number of fused-ring (bicyclic) bond motifs is 1. The summed E-state index contributed by atoms with van der Waals surface area (Å²) in [5.41, 5.74) is 1.81. The Bertz CT molecular complexity index is 504. The maximum Gasteiger partial charge on any atom is 0.303 e. The molecule has 78 valence electrons. The van der Waals surface area contributed by atoms with Gasteiger partial charge in [0.2, 0.25) is 5.78 Å². The Morgan fingerprint density at radius 3 is 3.07 bits per heavy atom. The van der Waals surface area contributed by atoms with Crippen LogP contribution in [0.1, 0.15) is 17.7 Å². The molecule has 0 aliphatic rings. The number of nitrogens with zero attached hydrogens (tertiary/aromatic N) is 3. The van der Waals surface area contributed by atoms with Gasteiger partial charge in [0.25, 0.3) is 0 Å². The van der Waals surface area contributed by atoms with Crippen LogP contribution >= 0.6 is 0 Å². The van der Waals surface area contributed by atoms with E-state index in [1.807, 2.05) is 23.7 Å². The van der Waals surface area contributed by atoms with Gasteiger partial charge in [-0.1, -0.05) is 0 Å². The summed E-state index contributed by atoms with van der Waals surface area (Å²) in [5, 5.41) is 8.54. The molecule has 0 aliphatic heterocycles. The van der Waals surface area contributed by atoms with Gasteiger partial charge >= 0.3 is 5.97 Å². The normalized spacial score (nSPS) is 10.7. The molecule has 0 spiro atoms. The zero-order valence-electron chi connectivity index (χ0n) is 8.34. The van der Waals surface area contributed by atoms with Crippen molar-refractivity contribution in [2.75, 3.05) is 0 Å². The molecule has 0 aliphatic carbocycles. The smallest absolute Gasteiger partial charge is 0.303 e. The minimum absolute atomic E-state index is 0.100. The Kier molecular flexibility index (Phi) is 2.37. The van der Waals surface area contributed by atoms with Gasteiger partial charge in [-0.3, -0.25) is 9.20 Å². The first kappa shape index (κ1) is 9.64. The van der Waals surface area contributed by atoms with E-state index in [9.17, 15) is 4.79 Å². The zero-order chi connectivity index (χ0) is 10.8. The highest BCUT2D eigenvalue weighted by Gasteiger charge is 2.04. The Hall–Kier alpha value is -1.91. The van der Waals surface area contributed by atoms with Crippen LogP contribution in [0.2, 0.25) is 0 Å². The second-order valence-corrected chi connectivity index (χ2v) is 3.46. The fourth-order valence-electron chi connectivity index (χ4n) is 1.39. The maximum atomic E-state index is 10.4. The molecule has 2 rings (SSSR count). The fraction of sp³-hybridized carbons (Fsp3) is 0.300. The molecule has 5 nitrogen and oxygen atoms in total. The van der Waals surface area contributed by atoms with Crippen LogP contribution in [0.4, 0.5) is 0 Å². The van der Waals surface area contributed by atoms with Crippen molar-refractivity contribution in [3.05, 3.63) is 29.8 Å². The molecule has 0 amide bonds. The van der Waals surface area contributed by atoms with Crippen molar-refractivity contribution in [2.45, 2.75) is 19.8 Å². The van der Waals surface area contributed by atoms with Gasteiger partial charge in [-0.2, -0.15) is 0 Å². The van der Waals surface area contributed by atoms with E-state index < -0.39 is 5.97 Å². The molecule has 2 aromatic heterocycles. The molecule has 0 saturated heterocycles. The van der Waals surface area contributed by atoms with Crippen molar-refractivity contribution < 1.29 is 9.90 Å². The lowest BCUT2D eigenvalue weighted by Gasteiger charge is -1.92. The number of aliphatic carboxylic acids is 1. The van der Waals surface area contributed by atoms with E-state index in [1.165, 1.54) is 0 Å². The van der Waals surface area contributed by atoms with Crippen molar-refractivity contribution in [2.24, 2.45) is 0 Å². The number of hydrogen-bond acceptors (Lipinski definition) is 3. The van der Waals surface area contributed by atoms with Crippen molar-refractivity contribution in [3.63, 3.8) is 0 Å². The van der Waals surface area contributed by atoms with Crippen molar-refractivity contribution in [1.29, 1.82) is 0 Å². The monoisotopic (exact) mass is 205 g/mol. The van der Waals surface area contributed by atoms with Crippen LogP contribution in [-0.4, -0.2) is 25.4 Å². The molecule has 2 heterocycles. The number of rotatable bonds is 3. The van der Waals surface area contributed by atoms with Gasteiger partial charge in [0.05, 0.1) is 12.1 Å². The summed E-state index contributed by atoms with van der Waals surface area (Å²) < 4.78 is 1.81. The van der Waals surface area contributed by atoms with E-state index in [0.29, 0.717) is 12.2 Å². The van der Waals surface area contributed by atoms with Crippen molar-refractivity contribution in [1.82, 2.24) is 14.4 Å². The number of aryl methyl sites for hydroxylation is 2. The number of carbonyl (C=O) groups is 1. The number of hydrogen-bond donors (Lipinski definition) is 1. The van der Waals surface area contributed by atoms with Gasteiger partial charge in [0.15, 0.2) is 0 Å². The standard InChI is InChI=1S/C10H11N3O2/c1-7-4-11-10-12-8(2-3-9(14)15)6-13(10)5-7/h4-6H,2-3H2,1H3,(H,14,15). The lowest BCUT2D eigenvalue weighted by molar-refractivity contribution is -0.136. The number of carboxylic acid groups (broad SMARTS) is 1. The predicted molar refractivity (Wildman–Crippen MR) is 53.7 cm³/mol. The second-order valence-electron chi connectivity index (χ2n) is 3.46. The van der Waals surface area contributed by atoms with E-state index in [0.717, 1.165) is 11.3 Å².